The molecule has 0 spiro atoms. The molecule has 2 aliphatic rings. The van der Waals surface area contributed by atoms with Crippen LogP contribution >= 0.6 is 0 Å². The van der Waals surface area contributed by atoms with E-state index in [9.17, 15) is 14.4 Å². The lowest BCUT2D eigenvalue weighted by Gasteiger charge is -2.27. The van der Waals surface area contributed by atoms with Gasteiger partial charge in [-0.2, -0.15) is 0 Å². The molecule has 4 amide bonds. The standard InChI is InChI=1S/C9H12N6O3/c1-13-7-6(8(17)14(2)9(13)18)11-4-15(7)3-5(16)12-10/h4,6H,3,10H2,1-2H3/p+1. The Morgan fingerprint density at radius 1 is 1.50 bits per heavy atom. The van der Waals surface area contributed by atoms with E-state index in [1.54, 1.807) is 0 Å². The average molecular weight is 253 g/mol. The summed E-state index contributed by atoms with van der Waals surface area (Å²) in [7, 11) is 2.92. The summed E-state index contributed by atoms with van der Waals surface area (Å²) >= 11 is 0. The molecular formula is C9H13N6O3+. The smallest absolute Gasteiger partial charge is 0.291 e. The Bertz CT molecular complexity index is 497. The molecule has 96 valence electrons. The minimum atomic E-state index is -0.775. The van der Waals surface area contributed by atoms with Crippen molar-refractivity contribution < 1.29 is 19.0 Å². The van der Waals surface area contributed by atoms with E-state index in [1.165, 1.54) is 29.9 Å². The molecule has 1 saturated heterocycles. The normalized spacial score (nSPS) is 22.7. The van der Waals surface area contributed by atoms with Crippen LogP contribution in [0, 0.1) is 0 Å². The first-order valence-electron chi connectivity index (χ1n) is 5.19. The van der Waals surface area contributed by atoms with Crippen LogP contribution in [0.1, 0.15) is 0 Å². The molecule has 2 heterocycles. The van der Waals surface area contributed by atoms with E-state index in [2.05, 4.69) is 4.99 Å². The minimum Gasteiger partial charge on any atom is -0.291 e. The number of hydrogen-bond acceptors (Lipinski definition) is 5. The fraction of sp³-hybridized carbons (Fsp3) is 0.444. The second-order valence-electron chi connectivity index (χ2n) is 3.96. The number of aliphatic imine (C=N–C) groups is 1. The Balaban J connectivity index is 2.37. The predicted octanol–water partition coefficient (Wildman–Crippen LogP) is -2.68. The zero-order valence-corrected chi connectivity index (χ0v) is 9.95. The third-order valence-electron chi connectivity index (χ3n) is 2.85. The Morgan fingerprint density at radius 3 is 2.78 bits per heavy atom. The van der Waals surface area contributed by atoms with Gasteiger partial charge in [0.05, 0.1) is 7.05 Å². The van der Waals surface area contributed by atoms with Crippen LogP contribution in [0.2, 0.25) is 0 Å². The summed E-state index contributed by atoms with van der Waals surface area (Å²) in [5, 5.41) is 0. The van der Waals surface area contributed by atoms with Gasteiger partial charge in [0.25, 0.3) is 23.7 Å². The van der Waals surface area contributed by atoms with Crippen LogP contribution in [-0.4, -0.2) is 71.1 Å². The largest absolute Gasteiger partial charge is 0.388 e. The quantitative estimate of drug-likeness (QED) is 0.242. The first-order valence-corrected chi connectivity index (χ1v) is 5.19. The van der Waals surface area contributed by atoms with Gasteiger partial charge in [0.2, 0.25) is 6.34 Å². The number of amides is 4. The molecule has 1 atom stereocenters. The van der Waals surface area contributed by atoms with Crippen molar-refractivity contribution in [3.63, 3.8) is 0 Å². The Kier molecular flexibility index (Phi) is 2.83. The molecule has 1 unspecified atom stereocenters. The molecule has 0 aromatic heterocycles. The van der Waals surface area contributed by atoms with Crippen molar-refractivity contribution in [1.82, 2.24) is 15.2 Å². The maximum Gasteiger partial charge on any atom is 0.388 e. The van der Waals surface area contributed by atoms with Crippen LogP contribution in [-0.2, 0) is 9.59 Å². The molecule has 18 heavy (non-hydrogen) atoms. The van der Waals surface area contributed by atoms with Gasteiger partial charge in [-0.25, -0.2) is 20.1 Å². The lowest BCUT2D eigenvalue weighted by atomic mass is 10.2. The molecule has 0 aliphatic carbocycles. The zero-order chi connectivity index (χ0) is 13.4. The highest BCUT2D eigenvalue weighted by Crippen LogP contribution is 2.16. The number of amidine groups is 1. The van der Waals surface area contributed by atoms with E-state index in [0.29, 0.717) is 5.84 Å². The highest BCUT2D eigenvalue weighted by molar-refractivity contribution is 6.20. The number of nitrogens with two attached hydrogens (primary N) is 1. The van der Waals surface area contributed by atoms with Crippen molar-refractivity contribution in [2.45, 2.75) is 6.04 Å². The van der Waals surface area contributed by atoms with Crippen LogP contribution in [0.4, 0.5) is 4.79 Å². The Hall–Kier alpha value is -2.29. The predicted molar refractivity (Wildman–Crippen MR) is 60.7 cm³/mol. The lowest BCUT2D eigenvalue weighted by molar-refractivity contribution is -0.388. The lowest BCUT2D eigenvalue weighted by Crippen LogP contribution is -2.60. The topological polar surface area (TPSA) is 111 Å². The van der Waals surface area contributed by atoms with Crippen LogP contribution < -0.4 is 11.3 Å². The third kappa shape index (κ3) is 1.64. The molecule has 0 radical (unpaired) electrons. The van der Waals surface area contributed by atoms with E-state index < -0.39 is 23.9 Å². The van der Waals surface area contributed by atoms with E-state index in [-0.39, 0.29) is 6.54 Å². The third-order valence-corrected chi connectivity index (χ3v) is 2.85. The molecule has 3 N–H and O–H groups in total. The molecule has 2 rings (SSSR count). The number of nitrogens with one attached hydrogen (secondary N) is 1. The second kappa shape index (κ2) is 4.18. The van der Waals surface area contributed by atoms with Gasteiger partial charge in [0.15, 0.2) is 6.54 Å². The van der Waals surface area contributed by atoms with Crippen LogP contribution in [0.5, 0.6) is 0 Å². The highest BCUT2D eigenvalue weighted by Gasteiger charge is 2.50. The summed E-state index contributed by atoms with van der Waals surface area (Å²) in [6, 6.07) is -1.24. The van der Waals surface area contributed by atoms with Crippen molar-refractivity contribution in [2.75, 3.05) is 20.6 Å². The fourth-order valence-electron chi connectivity index (χ4n) is 1.90. The van der Waals surface area contributed by atoms with Gasteiger partial charge in [-0.3, -0.25) is 19.9 Å². The summed E-state index contributed by atoms with van der Waals surface area (Å²) in [4.78, 5) is 41.2. The van der Waals surface area contributed by atoms with Crippen molar-refractivity contribution >= 4 is 30.0 Å². The summed E-state index contributed by atoms with van der Waals surface area (Å²) in [5.41, 5.74) is 1.98. The van der Waals surface area contributed by atoms with E-state index in [1.807, 2.05) is 5.43 Å². The number of urea groups is 1. The van der Waals surface area contributed by atoms with E-state index in [0.717, 1.165) is 4.90 Å². The zero-order valence-electron chi connectivity index (χ0n) is 9.95. The van der Waals surface area contributed by atoms with Gasteiger partial charge in [0.1, 0.15) is 0 Å². The molecule has 1 fully saturated rings. The van der Waals surface area contributed by atoms with Gasteiger partial charge in [-0.1, -0.05) is 0 Å². The average Bonchev–Trinajstić information content (AvgIpc) is 2.77. The van der Waals surface area contributed by atoms with E-state index >= 15 is 0 Å². The molecule has 9 nitrogen and oxygen atoms in total. The summed E-state index contributed by atoms with van der Waals surface area (Å²) in [5.74, 6) is 4.50. The van der Waals surface area contributed by atoms with Crippen molar-refractivity contribution in [3.05, 3.63) is 0 Å². The number of fused-ring (bicyclic) bond motifs is 1. The van der Waals surface area contributed by atoms with Gasteiger partial charge in [-0.05, 0) is 0 Å². The summed E-state index contributed by atoms with van der Waals surface area (Å²) < 4.78 is 1.43. The molecule has 0 bridgehead atoms. The summed E-state index contributed by atoms with van der Waals surface area (Å²) in [6.45, 7) is -0.0968. The number of likely N-dealkylation sites (N-methyl/N-ethyl adjacent to an activating group) is 2. The minimum absolute atomic E-state index is 0.0968. The molecule has 2 aliphatic heterocycles. The number of carbonyl (C=O) groups excluding carboxylic acids is 3. The monoisotopic (exact) mass is 253 g/mol. The number of hydrazine groups is 1. The summed E-state index contributed by atoms with van der Waals surface area (Å²) in [6.07, 6.45) is 1.36. The molecular weight excluding hydrogens is 240 g/mol. The number of nitrogens with zero attached hydrogens (tertiary/aromatic N) is 4. The first-order chi connectivity index (χ1) is 8.47. The SMILES string of the molecule is CN1C(=O)C2N=C[N+](CC(=O)NN)=C2N(C)C1=O. The Labute approximate surface area is 103 Å². The molecule has 9 heteroatoms. The molecule has 0 aromatic carbocycles. The number of hydrogen-bond donors (Lipinski definition) is 2. The van der Waals surface area contributed by atoms with Gasteiger partial charge in [0, 0.05) is 7.05 Å². The van der Waals surface area contributed by atoms with Crippen LogP contribution in [0.15, 0.2) is 4.99 Å². The number of imide groups is 1. The Morgan fingerprint density at radius 2 is 2.17 bits per heavy atom. The molecule has 0 aromatic rings. The van der Waals surface area contributed by atoms with E-state index in [4.69, 9.17) is 5.84 Å². The number of rotatable bonds is 2. The van der Waals surface area contributed by atoms with Crippen LogP contribution in [0.3, 0.4) is 0 Å². The van der Waals surface area contributed by atoms with Crippen molar-refractivity contribution in [1.29, 1.82) is 0 Å². The van der Waals surface area contributed by atoms with Crippen molar-refractivity contribution in [3.8, 4) is 0 Å². The number of carbonyl (C=O) groups is 3. The highest BCUT2D eigenvalue weighted by atomic mass is 16.2. The maximum atomic E-state index is 11.9. The fourth-order valence-corrected chi connectivity index (χ4v) is 1.90. The van der Waals surface area contributed by atoms with Crippen LogP contribution in [0.25, 0.3) is 0 Å². The molecule has 0 saturated carbocycles. The maximum absolute atomic E-state index is 11.9. The van der Waals surface area contributed by atoms with Crippen molar-refractivity contribution in [2.24, 2.45) is 10.8 Å². The first kappa shape index (κ1) is 12.2. The van der Waals surface area contributed by atoms with Gasteiger partial charge in [-0.15, -0.1) is 4.99 Å². The van der Waals surface area contributed by atoms with Gasteiger partial charge >= 0.3 is 6.03 Å². The van der Waals surface area contributed by atoms with Gasteiger partial charge < -0.3 is 0 Å². The second-order valence-corrected chi connectivity index (χ2v) is 3.96.